The zero-order valence-electron chi connectivity index (χ0n) is 9.64. The Balaban J connectivity index is 0.00000256. The predicted molar refractivity (Wildman–Crippen MR) is 68.7 cm³/mol. The number of rotatable bonds is 6. The van der Waals surface area contributed by atoms with E-state index < -0.39 is 0 Å². The Bertz CT molecular complexity index is 330. The van der Waals surface area contributed by atoms with Crippen molar-refractivity contribution >= 4 is 24.0 Å². The molecule has 0 bridgehead atoms. The molecule has 17 heavy (non-hydrogen) atoms. The summed E-state index contributed by atoms with van der Waals surface area (Å²) >= 11 is 0. The van der Waals surface area contributed by atoms with Gasteiger partial charge in [-0.15, -0.1) is 12.4 Å². The number of nitrogens with one attached hydrogen (secondary N) is 1. The number of hydrogen-bond donors (Lipinski definition) is 2. The lowest BCUT2D eigenvalue weighted by Gasteiger charge is -2.07. The number of hydrogen-bond acceptors (Lipinski definition) is 4. The number of carbonyl (C=O) groups excluding carboxylic acids is 1. The highest BCUT2D eigenvalue weighted by atomic mass is 35.5. The third kappa shape index (κ3) is 6.11. The van der Waals surface area contributed by atoms with Crippen molar-refractivity contribution in [3.63, 3.8) is 0 Å². The lowest BCUT2D eigenvalue weighted by Crippen LogP contribution is -2.21. The van der Waals surface area contributed by atoms with Gasteiger partial charge in [-0.25, -0.2) is 0 Å². The minimum atomic E-state index is -0.215. The third-order valence-electron chi connectivity index (χ3n) is 1.88. The van der Waals surface area contributed by atoms with Gasteiger partial charge in [0.05, 0.1) is 13.2 Å². The molecule has 0 aromatic heterocycles. The number of carbonyl (C=O) groups is 1. The summed E-state index contributed by atoms with van der Waals surface area (Å²) in [5.41, 5.74) is 5.88. The number of halogens is 1. The van der Waals surface area contributed by atoms with E-state index in [9.17, 15) is 4.79 Å². The molecule has 96 valence electrons. The fourth-order valence-electron chi connectivity index (χ4n) is 1.09. The van der Waals surface area contributed by atoms with E-state index in [0.29, 0.717) is 18.9 Å². The van der Waals surface area contributed by atoms with Crippen LogP contribution in [0.1, 0.15) is 0 Å². The van der Waals surface area contributed by atoms with Crippen LogP contribution < -0.4 is 15.8 Å². The molecule has 0 atom stereocenters. The van der Waals surface area contributed by atoms with Crippen LogP contribution in [0.4, 0.5) is 5.69 Å². The van der Waals surface area contributed by atoms with Crippen molar-refractivity contribution in [2.24, 2.45) is 5.73 Å². The first-order valence-electron chi connectivity index (χ1n) is 4.98. The highest BCUT2D eigenvalue weighted by Crippen LogP contribution is 2.15. The summed E-state index contributed by atoms with van der Waals surface area (Å²) < 4.78 is 10.2. The van der Waals surface area contributed by atoms with Gasteiger partial charge in [-0.1, -0.05) is 0 Å². The molecular weight excluding hydrogens is 244 g/mol. The van der Waals surface area contributed by atoms with Gasteiger partial charge in [-0.2, -0.15) is 0 Å². The predicted octanol–water partition coefficient (Wildman–Crippen LogP) is 1.03. The third-order valence-corrected chi connectivity index (χ3v) is 1.88. The van der Waals surface area contributed by atoms with Gasteiger partial charge in [0.2, 0.25) is 5.91 Å². The standard InChI is InChI=1S/C11H16N2O3.ClH/c1-15-6-7-16-10-4-2-9(3-5-10)13-11(14)8-12;/h2-5H,6-8,12H2,1H3,(H,13,14);1H. The molecule has 5 nitrogen and oxygen atoms in total. The first kappa shape index (κ1) is 15.7. The average molecular weight is 261 g/mol. The van der Waals surface area contributed by atoms with Crippen molar-refractivity contribution in [2.45, 2.75) is 0 Å². The van der Waals surface area contributed by atoms with Gasteiger partial charge in [0.1, 0.15) is 12.4 Å². The van der Waals surface area contributed by atoms with E-state index in [0.717, 1.165) is 5.75 Å². The second-order valence-electron chi connectivity index (χ2n) is 3.12. The Kier molecular flexibility index (Phi) is 8.13. The Hall–Kier alpha value is -1.30. The monoisotopic (exact) mass is 260 g/mol. The first-order valence-corrected chi connectivity index (χ1v) is 4.98. The van der Waals surface area contributed by atoms with Crippen LogP contribution in [-0.4, -0.2) is 32.8 Å². The van der Waals surface area contributed by atoms with Crippen LogP contribution in [0.3, 0.4) is 0 Å². The molecule has 0 aliphatic carbocycles. The summed E-state index contributed by atoms with van der Waals surface area (Å²) in [5.74, 6) is 0.524. The van der Waals surface area contributed by atoms with Crippen LogP contribution in [0.5, 0.6) is 5.75 Å². The number of ether oxygens (including phenoxy) is 2. The summed E-state index contributed by atoms with van der Waals surface area (Å²) in [6, 6.07) is 7.08. The largest absolute Gasteiger partial charge is 0.491 e. The number of anilines is 1. The van der Waals surface area contributed by atoms with Crippen LogP contribution in [0.25, 0.3) is 0 Å². The Labute approximate surface area is 107 Å². The van der Waals surface area contributed by atoms with E-state index in [1.54, 1.807) is 31.4 Å². The van der Waals surface area contributed by atoms with Crippen LogP contribution in [0.2, 0.25) is 0 Å². The van der Waals surface area contributed by atoms with E-state index >= 15 is 0 Å². The molecule has 1 aromatic carbocycles. The van der Waals surface area contributed by atoms with E-state index in [-0.39, 0.29) is 24.9 Å². The van der Waals surface area contributed by atoms with Crippen LogP contribution in [0, 0.1) is 0 Å². The normalized spacial score (nSPS) is 9.29. The highest BCUT2D eigenvalue weighted by molar-refractivity contribution is 5.92. The van der Waals surface area contributed by atoms with Crippen molar-refractivity contribution in [2.75, 3.05) is 32.2 Å². The maximum atomic E-state index is 11.0. The second-order valence-corrected chi connectivity index (χ2v) is 3.12. The number of nitrogens with two attached hydrogens (primary N) is 1. The summed E-state index contributed by atoms with van der Waals surface area (Å²) in [4.78, 5) is 11.0. The molecule has 1 rings (SSSR count). The zero-order valence-corrected chi connectivity index (χ0v) is 10.5. The number of amides is 1. The molecule has 0 fully saturated rings. The molecule has 0 aliphatic heterocycles. The summed E-state index contributed by atoms with van der Waals surface area (Å²) in [5, 5.41) is 2.64. The molecule has 0 aliphatic rings. The van der Waals surface area contributed by atoms with Gasteiger partial charge in [-0.3, -0.25) is 4.79 Å². The molecule has 0 radical (unpaired) electrons. The topological polar surface area (TPSA) is 73.6 Å². The minimum Gasteiger partial charge on any atom is -0.491 e. The van der Waals surface area contributed by atoms with E-state index in [2.05, 4.69) is 5.32 Å². The SMILES string of the molecule is COCCOc1ccc(NC(=O)CN)cc1.Cl. The molecule has 0 spiro atoms. The molecule has 6 heteroatoms. The van der Waals surface area contributed by atoms with Crippen molar-refractivity contribution in [3.8, 4) is 5.75 Å². The van der Waals surface area contributed by atoms with Gasteiger partial charge < -0.3 is 20.5 Å². The smallest absolute Gasteiger partial charge is 0.238 e. The Morgan fingerprint density at radius 2 is 1.94 bits per heavy atom. The quantitative estimate of drug-likeness (QED) is 0.750. The van der Waals surface area contributed by atoms with E-state index in [1.807, 2.05) is 0 Å². The Morgan fingerprint density at radius 3 is 2.47 bits per heavy atom. The van der Waals surface area contributed by atoms with Crippen molar-refractivity contribution < 1.29 is 14.3 Å². The molecule has 0 saturated heterocycles. The maximum Gasteiger partial charge on any atom is 0.238 e. The summed E-state index contributed by atoms with van der Waals surface area (Å²) in [6.07, 6.45) is 0. The minimum absolute atomic E-state index is 0. The first-order chi connectivity index (χ1) is 7.76. The molecule has 1 amide bonds. The van der Waals surface area contributed by atoms with Crippen molar-refractivity contribution in [1.82, 2.24) is 0 Å². The summed E-state index contributed by atoms with van der Waals surface area (Å²) in [6.45, 7) is 1.03. The molecule has 0 saturated carbocycles. The van der Waals surface area contributed by atoms with Gasteiger partial charge in [0.25, 0.3) is 0 Å². The molecule has 1 aromatic rings. The fourth-order valence-corrected chi connectivity index (χ4v) is 1.09. The van der Waals surface area contributed by atoms with E-state index in [4.69, 9.17) is 15.2 Å². The lowest BCUT2D eigenvalue weighted by atomic mass is 10.3. The van der Waals surface area contributed by atoms with Crippen LogP contribution >= 0.6 is 12.4 Å². The highest BCUT2D eigenvalue weighted by Gasteiger charge is 1.99. The second kappa shape index (κ2) is 8.81. The van der Waals surface area contributed by atoms with Gasteiger partial charge in [0, 0.05) is 12.8 Å². The molecular formula is C11H17ClN2O3. The fraction of sp³-hybridized carbons (Fsp3) is 0.364. The average Bonchev–Trinajstić information content (AvgIpc) is 2.31. The molecule has 3 N–H and O–H groups in total. The van der Waals surface area contributed by atoms with Gasteiger partial charge in [-0.05, 0) is 24.3 Å². The zero-order chi connectivity index (χ0) is 11.8. The number of benzene rings is 1. The summed E-state index contributed by atoms with van der Waals surface area (Å²) in [7, 11) is 1.62. The lowest BCUT2D eigenvalue weighted by molar-refractivity contribution is -0.114. The van der Waals surface area contributed by atoms with Gasteiger partial charge in [0.15, 0.2) is 0 Å². The van der Waals surface area contributed by atoms with Crippen LogP contribution in [-0.2, 0) is 9.53 Å². The van der Waals surface area contributed by atoms with E-state index in [1.165, 1.54) is 0 Å². The number of methoxy groups -OCH3 is 1. The molecule has 0 heterocycles. The Morgan fingerprint density at radius 1 is 1.29 bits per heavy atom. The van der Waals surface area contributed by atoms with Crippen molar-refractivity contribution in [1.29, 1.82) is 0 Å². The maximum absolute atomic E-state index is 11.0. The van der Waals surface area contributed by atoms with Crippen LogP contribution in [0.15, 0.2) is 24.3 Å². The van der Waals surface area contributed by atoms with Gasteiger partial charge >= 0.3 is 0 Å². The molecule has 0 unspecified atom stereocenters. The van der Waals surface area contributed by atoms with Crippen molar-refractivity contribution in [3.05, 3.63) is 24.3 Å².